The van der Waals surface area contributed by atoms with Crippen molar-refractivity contribution in [3.05, 3.63) is 23.3 Å². The fourth-order valence-corrected chi connectivity index (χ4v) is 3.75. The standard InChI is InChI=1S/C16H20O6/c1-15(2)21-11-8-6-7-16(3,12(11)22-15)10(14(18)20-5)9(8)13(17)19-4/h6-8,11-12H,1-5H3/t8?,11-,12-,16?/m1/s1. The van der Waals surface area contributed by atoms with Gasteiger partial charge in [0.2, 0.25) is 0 Å². The summed E-state index contributed by atoms with van der Waals surface area (Å²) in [6.07, 6.45) is 3.12. The maximum Gasteiger partial charge on any atom is 0.335 e. The van der Waals surface area contributed by atoms with Gasteiger partial charge in [-0.2, -0.15) is 0 Å². The molecular formula is C16H20O6. The number of esters is 2. The zero-order chi connectivity index (χ0) is 16.3. The Morgan fingerprint density at radius 2 is 1.73 bits per heavy atom. The van der Waals surface area contributed by atoms with Crippen LogP contribution in [-0.4, -0.2) is 44.2 Å². The molecule has 2 unspecified atom stereocenters. The van der Waals surface area contributed by atoms with E-state index < -0.39 is 23.1 Å². The molecule has 1 saturated heterocycles. The van der Waals surface area contributed by atoms with Gasteiger partial charge in [-0.3, -0.25) is 0 Å². The molecule has 0 aromatic carbocycles. The van der Waals surface area contributed by atoms with Crippen molar-refractivity contribution in [2.24, 2.45) is 11.3 Å². The lowest BCUT2D eigenvalue weighted by Crippen LogP contribution is -2.54. The third kappa shape index (κ3) is 1.87. The molecule has 0 saturated carbocycles. The Labute approximate surface area is 129 Å². The van der Waals surface area contributed by atoms with Crippen molar-refractivity contribution in [3.8, 4) is 0 Å². The Hall–Kier alpha value is -1.66. The monoisotopic (exact) mass is 308 g/mol. The molecule has 4 rings (SSSR count). The van der Waals surface area contributed by atoms with Gasteiger partial charge in [0, 0.05) is 11.3 Å². The van der Waals surface area contributed by atoms with Crippen LogP contribution in [0.25, 0.3) is 0 Å². The first-order chi connectivity index (χ1) is 10.2. The summed E-state index contributed by atoms with van der Waals surface area (Å²) >= 11 is 0. The highest BCUT2D eigenvalue weighted by Gasteiger charge is 2.62. The molecule has 0 spiro atoms. The van der Waals surface area contributed by atoms with E-state index in [1.807, 2.05) is 32.9 Å². The summed E-state index contributed by atoms with van der Waals surface area (Å²) in [5, 5.41) is 0. The van der Waals surface area contributed by atoms with Crippen molar-refractivity contribution in [1.29, 1.82) is 0 Å². The average molecular weight is 308 g/mol. The Balaban J connectivity index is 2.18. The summed E-state index contributed by atoms with van der Waals surface area (Å²) in [6, 6.07) is 0. The highest BCUT2D eigenvalue weighted by Crippen LogP contribution is 2.56. The first-order valence-corrected chi connectivity index (χ1v) is 7.21. The molecule has 4 aliphatic rings. The van der Waals surface area contributed by atoms with E-state index in [9.17, 15) is 9.59 Å². The van der Waals surface area contributed by atoms with Crippen LogP contribution in [0, 0.1) is 11.3 Å². The summed E-state index contributed by atoms with van der Waals surface area (Å²) in [5.74, 6) is -2.22. The van der Waals surface area contributed by atoms with E-state index in [1.165, 1.54) is 14.2 Å². The lowest BCUT2D eigenvalue weighted by atomic mass is 9.59. The van der Waals surface area contributed by atoms with Crippen molar-refractivity contribution in [1.82, 2.24) is 0 Å². The van der Waals surface area contributed by atoms with Gasteiger partial charge < -0.3 is 18.9 Å². The number of rotatable bonds is 2. The fraction of sp³-hybridized carbons (Fsp3) is 0.625. The number of hydrogen-bond acceptors (Lipinski definition) is 6. The summed E-state index contributed by atoms with van der Waals surface area (Å²) < 4.78 is 21.8. The lowest BCUT2D eigenvalue weighted by molar-refractivity contribution is -0.153. The van der Waals surface area contributed by atoms with Gasteiger partial charge in [0.1, 0.15) is 6.10 Å². The molecule has 0 aromatic rings. The summed E-state index contributed by atoms with van der Waals surface area (Å²) in [5.41, 5.74) is -0.178. The summed E-state index contributed by atoms with van der Waals surface area (Å²) in [6.45, 7) is 5.50. The average Bonchev–Trinajstić information content (AvgIpc) is 2.82. The van der Waals surface area contributed by atoms with Crippen LogP contribution in [0.1, 0.15) is 20.8 Å². The van der Waals surface area contributed by atoms with Crippen molar-refractivity contribution < 1.29 is 28.5 Å². The number of carbonyl (C=O) groups is 2. The minimum atomic E-state index is -0.788. The van der Waals surface area contributed by atoms with Gasteiger partial charge in [0.25, 0.3) is 0 Å². The van der Waals surface area contributed by atoms with Crippen LogP contribution in [0.15, 0.2) is 23.3 Å². The van der Waals surface area contributed by atoms with E-state index in [0.717, 1.165) is 0 Å². The van der Waals surface area contributed by atoms with Gasteiger partial charge in [0.15, 0.2) is 5.79 Å². The molecule has 120 valence electrons. The zero-order valence-electron chi connectivity index (χ0n) is 13.3. The maximum atomic E-state index is 12.3. The van der Waals surface area contributed by atoms with Crippen LogP contribution in [0.4, 0.5) is 0 Å². The van der Waals surface area contributed by atoms with Gasteiger partial charge in [-0.25, -0.2) is 9.59 Å². The molecule has 2 bridgehead atoms. The first kappa shape index (κ1) is 15.2. The van der Waals surface area contributed by atoms with Crippen molar-refractivity contribution >= 4 is 11.9 Å². The predicted molar refractivity (Wildman–Crippen MR) is 75.6 cm³/mol. The van der Waals surface area contributed by atoms with Gasteiger partial charge in [-0.05, 0) is 20.8 Å². The van der Waals surface area contributed by atoms with Crippen LogP contribution in [-0.2, 0) is 28.5 Å². The fourth-order valence-electron chi connectivity index (χ4n) is 3.75. The van der Waals surface area contributed by atoms with Crippen molar-refractivity contribution in [3.63, 3.8) is 0 Å². The molecule has 0 radical (unpaired) electrons. The molecule has 3 aliphatic carbocycles. The van der Waals surface area contributed by atoms with E-state index in [2.05, 4.69) is 0 Å². The maximum absolute atomic E-state index is 12.3. The second-order valence-electron chi connectivity index (χ2n) is 6.46. The number of carbonyl (C=O) groups excluding carboxylic acids is 2. The van der Waals surface area contributed by atoms with Gasteiger partial charge in [-0.1, -0.05) is 12.2 Å². The topological polar surface area (TPSA) is 71.1 Å². The molecule has 6 nitrogen and oxygen atoms in total. The van der Waals surface area contributed by atoms with Gasteiger partial charge in [0.05, 0.1) is 31.5 Å². The minimum absolute atomic E-state index is 0.303. The Morgan fingerprint density at radius 3 is 2.32 bits per heavy atom. The molecule has 0 N–H and O–H groups in total. The van der Waals surface area contributed by atoms with Gasteiger partial charge in [-0.15, -0.1) is 0 Å². The van der Waals surface area contributed by atoms with Gasteiger partial charge >= 0.3 is 11.9 Å². The van der Waals surface area contributed by atoms with Crippen LogP contribution in [0.5, 0.6) is 0 Å². The third-order valence-corrected chi connectivity index (χ3v) is 4.66. The normalized spacial score (nSPS) is 38.0. The largest absolute Gasteiger partial charge is 0.466 e. The molecular weight excluding hydrogens is 288 g/mol. The molecule has 1 aliphatic heterocycles. The third-order valence-electron chi connectivity index (χ3n) is 4.66. The Kier molecular flexibility index (Phi) is 3.23. The van der Waals surface area contributed by atoms with E-state index >= 15 is 0 Å². The molecule has 0 amide bonds. The predicted octanol–water partition coefficient (Wildman–Crippen LogP) is 1.35. The van der Waals surface area contributed by atoms with Crippen molar-refractivity contribution in [2.45, 2.75) is 38.8 Å². The van der Waals surface area contributed by atoms with E-state index in [4.69, 9.17) is 18.9 Å². The molecule has 6 heteroatoms. The number of ether oxygens (including phenoxy) is 4. The minimum Gasteiger partial charge on any atom is -0.466 e. The number of methoxy groups -OCH3 is 2. The smallest absolute Gasteiger partial charge is 0.335 e. The Bertz CT molecular complexity index is 602. The highest BCUT2D eigenvalue weighted by molar-refractivity contribution is 6.03. The second kappa shape index (κ2) is 4.67. The van der Waals surface area contributed by atoms with Crippen LogP contribution >= 0.6 is 0 Å². The summed E-state index contributed by atoms with van der Waals surface area (Å²) in [4.78, 5) is 24.6. The highest BCUT2D eigenvalue weighted by atomic mass is 16.8. The van der Waals surface area contributed by atoms with E-state index in [-0.39, 0.29) is 18.1 Å². The lowest BCUT2D eigenvalue weighted by Gasteiger charge is -2.47. The summed E-state index contributed by atoms with van der Waals surface area (Å²) in [7, 11) is 2.60. The van der Waals surface area contributed by atoms with Crippen LogP contribution < -0.4 is 0 Å². The zero-order valence-corrected chi connectivity index (χ0v) is 13.3. The van der Waals surface area contributed by atoms with E-state index in [1.54, 1.807) is 0 Å². The quantitative estimate of drug-likeness (QED) is 0.566. The molecule has 22 heavy (non-hydrogen) atoms. The Morgan fingerprint density at radius 1 is 1.09 bits per heavy atom. The molecule has 0 aromatic heterocycles. The molecule has 4 atom stereocenters. The molecule has 1 fully saturated rings. The van der Waals surface area contributed by atoms with Crippen molar-refractivity contribution in [2.75, 3.05) is 14.2 Å². The SMILES string of the molecule is COC(=O)C1=C(C(=O)OC)C2(C)C=CC1[C@H]1OC(C)(C)O[C@H]12. The first-order valence-electron chi connectivity index (χ1n) is 7.21. The van der Waals surface area contributed by atoms with E-state index in [0.29, 0.717) is 11.1 Å². The molecule has 1 heterocycles. The van der Waals surface area contributed by atoms with Crippen LogP contribution in [0.3, 0.4) is 0 Å². The van der Waals surface area contributed by atoms with Crippen LogP contribution in [0.2, 0.25) is 0 Å². The number of hydrogen-bond donors (Lipinski definition) is 0. The second-order valence-corrected chi connectivity index (χ2v) is 6.46.